The van der Waals surface area contributed by atoms with Gasteiger partial charge < -0.3 is 15.4 Å². The van der Waals surface area contributed by atoms with E-state index in [1.165, 1.54) is 0 Å². The first kappa shape index (κ1) is 17.3. The average Bonchev–Trinajstić information content (AvgIpc) is 2.26. The van der Waals surface area contributed by atoms with Crippen LogP contribution in [0.5, 0.6) is 0 Å². The Morgan fingerprint density at radius 3 is 2.76 bits per heavy atom. The number of hydrogen-bond acceptors (Lipinski definition) is 3. The van der Waals surface area contributed by atoms with Crippen molar-refractivity contribution in [1.29, 1.82) is 0 Å². The van der Waals surface area contributed by atoms with Crippen LogP contribution in [-0.2, 0) is 4.74 Å². The molecule has 1 atom stereocenters. The largest absolute Gasteiger partial charge is 0.375 e. The highest BCUT2D eigenvalue weighted by Gasteiger charge is 2.20. The Kier molecular flexibility index (Phi) is 7.82. The van der Waals surface area contributed by atoms with Crippen LogP contribution in [0, 0.1) is 0 Å². The second kappa shape index (κ2) is 7.68. The topological polar surface area (TPSA) is 50.8 Å². The summed E-state index contributed by atoms with van der Waals surface area (Å²) in [5, 5.41) is 0. The van der Waals surface area contributed by atoms with Crippen molar-refractivity contribution in [2.45, 2.75) is 31.6 Å². The standard InChI is InChI=1S/C11H23N3OS.HI/c1-9-7-14(5-6-15-9)10(12)13-8-11(2,3)16-4;/h9H,5-8H2,1-4H3,(H2,12,13);1H. The van der Waals surface area contributed by atoms with Crippen molar-refractivity contribution in [3.8, 4) is 0 Å². The van der Waals surface area contributed by atoms with E-state index in [4.69, 9.17) is 10.5 Å². The van der Waals surface area contributed by atoms with E-state index in [1.54, 1.807) is 0 Å². The number of hydrogen-bond donors (Lipinski definition) is 1. The first-order valence-corrected chi connectivity index (χ1v) is 6.89. The van der Waals surface area contributed by atoms with Gasteiger partial charge in [0, 0.05) is 17.8 Å². The van der Waals surface area contributed by atoms with Gasteiger partial charge in [0.05, 0.1) is 19.3 Å². The molecule has 2 N–H and O–H groups in total. The molecule has 0 aliphatic carbocycles. The van der Waals surface area contributed by atoms with Gasteiger partial charge >= 0.3 is 0 Å². The zero-order valence-electron chi connectivity index (χ0n) is 11.1. The molecule has 0 aromatic rings. The highest BCUT2D eigenvalue weighted by Crippen LogP contribution is 2.21. The lowest BCUT2D eigenvalue weighted by molar-refractivity contribution is 0.00529. The highest BCUT2D eigenvalue weighted by atomic mass is 127. The van der Waals surface area contributed by atoms with Gasteiger partial charge in [-0.1, -0.05) is 0 Å². The molecule has 0 aromatic heterocycles. The number of aliphatic imine (C=N–C) groups is 1. The molecule has 4 nitrogen and oxygen atoms in total. The van der Waals surface area contributed by atoms with Crippen molar-refractivity contribution in [1.82, 2.24) is 4.90 Å². The van der Waals surface area contributed by atoms with Gasteiger partial charge in [-0.15, -0.1) is 24.0 Å². The minimum absolute atomic E-state index is 0. The third kappa shape index (κ3) is 6.15. The molecule has 0 saturated carbocycles. The molecule has 0 bridgehead atoms. The lowest BCUT2D eigenvalue weighted by Gasteiger charge is -2.32. The molecule has 1 unspecified atom stereocenters. The summed E-state index contributed by atoms with van der Waals surface area (Å²) < 4.78 is 5.62. The Bertz CT molecular complexity index is 261. The second-order valence-corrected chi connectivity index (χ2v) is 6.28. The van der Waals surface area contributed by atoms with Gasteiger partial charge in [-0.2, -0.15) is 11.8 Å². The van der Waals surface area contributed by atoms with Gasteiger partial charge in [-0.05, 0) is 27.0 Å². The van der Waals surface area contributed by atoms with Gasteiger partial charge in [-0.25, -0.2) is 0 Å². The maximum absolute atomic E-state index is 5.98. The SMILES string of the molecule is CSC(C)(C)CN=C(N)N1CCOC(C)C1.I. The molecule has 1 heterocycles. The summed E-state index contributed by atoms with van der Waals surface area (Å²) in [6, 6.07) is 0. The summed E-state index contributed by atoms with van der Waals surface area (Å²) in [6.45, 7) is 9.60. The number of guanidine groups is 1. The minimum atomic E-state index is 0. The van der Waals surface area contributed by atoms with Crippen LogP contribution in [0.3, 0.4) is 0 Å². The van der Waals surface area contributed by atoms with Crippen LogP contribution in [-0.4, -0.2) is 54.2 Å². The van der Waals surface area contributed by atoms with Crippen molar-refractivity contribution in [3.63, 3.8) is 0 Å². The molecule has 1 fully saturated rings. The van der Waals surface area contributed by atoms with E-state index in [9.17, 15) is 0 Å². The fourth-order valence-electron chi connectivity index (χ4n) is 1.46. The summed E-state index contributed by atoms with van der Waals surface area (Å²) in [4.78, 5) is 6.57. The van der Waals surface area contributed by atoms with E-state index in [0.29, 0.717) is 5.96 Å². The van der Waals surface area contributed by atoms with Crippen LogP contribution in [0.1, 0.15) is 20.8 Å². The Morgan fingerprint density at radius 2 is 2.24 bits per heavy atom. The molecule has 0 amide bonds. The molecule has 0 radical (unpaired) electrons. The van der Waals surface area contributed by atoms with Crippen LogP contribution >= 0.6 is 35.7 Å². The summed E-state index contributed by atoms with van der Waals surface area (Å²) in [7, 11) is 0. The van der Waals surface area contributed by atoms with Crippen LogP contribution in [0.4, 0.5) is 0 Å². The molecule has 1 rings (SSSR count). The fraction of sp³-hybridized carbons (Fsp3) is 0.909. The third-order valence-electron chi connectivity index (χ3n) is 2.74. The summed E-state index contributed by atoms with van der Waals surface area (Å²) in [6.07, 6.45) is 2.35. The summed E-state index contributed by atoms with van der Waals surface area (Å²) in [5.74, 6) is 0.650. The van der Waals surface area contributed by atoms with Crippen molar-refractivity contribution in [2.75, 3.05) is 32.5 Å². The maximum atomic E-state index is 5.98. The van der Waals surface area contributed by atoms with E-state index >= 15 is 0 Å². The van der Waals surface area contributed by atoms with E-state index in [-0.39, 0.29) is 34.8 Å². The van der Waals surface area contributed by atoms with E-state index in [0.717, 1.165) is 26.2 Å². The average molecular weight is 373 g/mol. The Hall–Kier alpha value is 0.310. The maximum Gasteiger partial charge on any atom is 0.191 e. The Morgan fingerprint density at radius 1 is 1.59 bits per heavy atom. The molecule has 0 aromatic carbocycles. The number of nitrogens with two attached hydrogens (primary N) is 1. The predicted octanol–water partition coefficient (Wildman–Crippen LogP) is 1.78. The number of morpholine rings is 1. The molecular weight excluding hydrogens is 349 g/mol. The van der Waals surface area contributed by atoms with Crippen LogP contribution < -0.4 is 5.73 Å². The van der Waals surface area contributed by atoms with Crippen molar-refractivity contribution in [3.05, 3.63) is 0 Å². The van der Waals surface area contributed by atoms with E-state index in [1.807, 2.05) is 11.8 Å². The normalized spacial score (nSPS) is 22.2. The van der Waals surface area contributed by atoms with Gasteiger partial charge in [0.1, 0.15) is 0 Å². The Balaban J connectivity index is 0.00000256. The molecule has 102 valence electrons. The van der Waals surface area contributed by atoms with Crippen molar-refractivity contribution >= 4 is 41.7 Å². The molecule has 1 aliphatic heterocycles. The highest BCUT2D eigenvalue weighted by molar-refractivity contribution is 14.0. The second-order valence-electron chi connectivity index (χ2n) is 4.77. The zero-order valence-corrected chi connectivity index (χ0v) is 14.2. The number of rotatable bonds is 3. The van der Waals surface area contributed by atoms with E-state index < -0.39 is 0 Å². The lowest BCUT2D eigenvalue weighted by Crippen LogP contribution is -2.48. The predicted molar refractivity (Wildman–Crippen MR) is 86.5 cm³/mol. The fourth-order valence-corrected chi connectivity index (χ4v) is 1.66. The van der Waals surface area contributed by atoms with Gasteiger partial charge in [0.15, 0.2) is 5.96 Å². The van der Waals surface area contributed by atoms with Crippen LogP contribution in [0.25, 0.3) is 0 Å². The molecule has 6 heteroatoms. The summed E-state index contributed by atoms with van der Waals surface area (Å²) >= 11 is 1.81. The first-order chi connectivity index (χ1) is 7.44. The summed E-state index contributed by atoms with van der Waals surface area (Å²) in [5.41, 5.74) is 5.98. The van der Waals surface area contributed by atoms with Crippen LogP contribution in [0.15, 0.2) is 4.99 Å². The van der Waals surface area contributed by atoms with Crippen molar-refractivity contribution < 1.29 is 4.74 Å². The van der Waals surface area contributed by atoms with Crippen LogP contribution in [0.2, 0.25) is 0 Å². The number of nitrogens with zero attached hydrogens (tertiary/aromatic N) is 2. The molecule has 1 aliphatic rings. The van der Waals surface area contributed by atoms with E-state index in [2.05, 4.69) is 36.9 Å². The minimum Gasteiger partial charge on any atom is -0.375 e. The van der Waals surface area contributed by atoms with Gasteiger partial charge in [0.2, 0.25) is 0 Å². The van der Waals surface area contributed by atoms with Gasteiger partial charge in [-0.3, -0.25) is 4.99 Å². The monoisotopic (exact) mass is 373 g/mol. The quantitative estimate of drug-likeness (QED) is 0.466. The molecule has 1 saturated heterocycles. The third-order valence-corrected chi connectivity index (χ3v) is 3.97. The zero-order chi connectivity index (χ0) is 12.2. The first-order valence-electron chi connectivity index (χ1n) is 5.66. The number of halogens is 1. The number of thioether (sulfide) groups is 1. The van der Waals surface area contributed by atoms with Gasteiger partial charge in [0.25, 0.3) is 0 Å². The molecule has 0 spiro atoms. The molecular formula is C11H24IN3OS. The number of ether oxygens (including phenoxy) is 1. The lowest BCUT2D eigenvalue weighted by atomic mass is 10.2. The molecule has 17 heavy (non-hydrogen) atoms. The van der Waals surface area contributed by atoms with Crippen molar-refractivity contribution in [2.24, 2.45) is 10.7 Å². The Labute approximate surface area is 126 Å². The smallest absolute Gasteiger partial charge is 0.191 e.